The Labute approximate surface area is 173 Å². The Morgan fingerprint density at radius 3 is 2.36 bits per heavy atom. The van der Waals surface area contributed by atoms with Crippen LogP contribution >= 0.6 is 34.9 Å². The number of amides is 1. The number of fused-ring (bicyclic) bond motifs is 2. The molecular weight excluding hydrogens is 410 g/mol. The summed E-state index contributed by atoms with van der Waals surface area (Å²) < 4.78 is 5.68. The molecule has 0 unspecified atom stereocenters. The monoisotopic (exact) mass is 423 g/mol. The zero-order chi connectivity index (χ0) is 18.9. The van der Waals surface area contributed by atoms with Crippen molar-refractivity contribution in [1.82, 2.24) is 10.2 Å². The van der Waals surface area contributed by atoms with Crippen molar-refractivity contribution >= 4 is 52.1 Å². The average Bonchev–Trinajstić information content (AvgIpc) is 3.42. The Morgan fingerprint density at radius 1 is 0.964 bits per heavy atom. The van der Waals surface area contributed by atoms with Crippen molar-refractivity contribution < 1.29 is 9.21 Å². The zero-order valence-corrected chi connectivity index (χ0v) is 16.9. The summed E-state index contributed by atoms with van der Waals surface area (Å²) in [6.07, 6.45) is 0. The predicted octanol–water partition coefficient (Wildman–Crippen LogP) is 5.72. The van der Waals surface area contributed by atoms with Crippen LogP contribution in [-0.2, 0) is 4.79 Å². The number of carbonyl (C=O) groups is 1. The normalized spacial score (nSPS) is 12.5. The van der Waals surface area contributed by atoms with Gasteiger partial charge in [-0.3, -0.25) is 9.69 Å². The Kier molecular flexibility index (Phi) is 4.67. The third kappa shape index (κ3) is 3.23. The van der Waals surface area contributed by atoms with Gasteiger partial charge >= 0.3 is 0 Å². The van der Waals surface area contributed by atoms with E-state index in [0.29, 0.717) is 11.1 Å². The maximum Gasteiger partial charge on any atom is 0.277 e. The molecule has 1 aliphatic rings. The molecular formula is C20H13N3O2S3. The summed E-state index contributed by atoms with van der Waals surface area (Å²) in [6.45, 7) is 0. The molecule has 138 valence electrons. The van der Waals surface area contributed by atoms with Crippen molar-refractivity contribution in [1.29, 1.82) is 0 Å². The van der Waals surface area contributed by atoms with Gasteiger partial charge in [0.25, 0.3) is 11.1 Å². The Hall–Kier alpha value is -2.55. The van der Waals surface area contributed by atoms with Crippen molar-refractivity contribution in [3.05, 3.63) is 66.0 Å². The Balaban J connectivity index is 1.38. The third-order valence-corrected chi connectivity index (χ3v) is 6.93. The Bertz CT molecular complexity index is 1100. The summed E-state index contributed by atoms with van der Waals surface area (Å²) >= 11 is 4.47. The van der Waals surface area contributed by atoms with Crippen LogP contribution in [0.1, 0.15) is 0 Å². The highest BCUT2D eigenvalue weighted by Crippen LogP contribution is 2.48. The number of hydrogen-bond acceptors (Lipinski definition) is 7. The number of rotatable bonds is 4. The predicted molar refractivity (Wildman–Crippen MR) is 112 cm³/mol. The molecule has 2 aromatic carbocycles. The standard InChI is InChI=1S/C20H13N3O2S3/c24-18(12-27-20-22-21-19(25-20)17-10-5-11-26-17)23-13-6-1-3-8-15(13)28-16-9-4-2-7-14(16)23/h1-11H,12H2. The van der Waals surface area contributed by atoms with E-state index >= 15 is 0 Å². The lowest BCUT2D eigenvalue weighted by Gasteiger charge is -2.30. The molecule has 5 rings (SSSR count). The highest BCUT2D eigenvalue weighted by Gasteiger charge is 2.28. The van der Waals surface area contributed by atoms with E-state index in [1.807, 2.05) is 66.0 Å². The van der Waals surface area contributed by atoms with Crippen molar-refractivity contribution in [2.45, 2.75) is 15.0 Å². The largest absolute Gasteiger partial charge is 0.410 e. The van der Waals surface area contributed by atoms with Crippen LogP contribution in [-0.4, -0.2) is 21.9 Å². The SMILES string of the molecule is O=C(CSc1nnc(-c2cccs2)o1)N1c2ccccc2Sc2ccccc21. The van der Waals surface area contributed by atoms with Gasteiger partial charge in [-0.05, 0) is 35.7 Å². The molecule has 0 bridgehead atoms. The molecule has 4 aromatic rings. The van der Waals surface area contributed by atoms with Crippen LogP contribution in [0.3, 0.4) is 0 Å². The molecule has 0 radical (unpaired) electrons. The summed E-state index contributed by atoms with van der Waals surface area (Å²) in [5.74, 6) is 0.662. The van der Waals surface area contributed by atoms with Gasteiger partial charge < -0.3 is 4.42 Å². The molecule has 2 aromatic heterocycles. The van der Waals surface area contributed by atoms with E-state index in [2.05, 4.69) is 10.2 Å². The molecule has 28 heavy (non-hydrogen) atoms. The van der Waals surface area contributed by atoms with Crippen molar-refractivity contribution in [3.8, 4) is 10.8 Å². The minimum Gasteiger partial charge on any atom is -0.410 e. The van der Waals surface area contributed by atoms with Crippen LogP contribution in [0.25, 0.3) is 10.8 Å². The van der Waals surface area contributed by atoms with Crippen LogP contribution in [0.4, 0.5) is 11.4 Å². The number of thioether (sulfide) groups is 1. The average molecular weight is 424 g/mol. The van der Waals surface area contributed by atoms with E-state index in [1.54, 1.807) is 16.7 Å². The van der Waals surface area contributed by atoms with E-state index in [-0.39, 0.29) is 11.7 Å². The number of aromatic nitrogens is 2. The molecule has 5 nitrogen and oxygen atoms in total. The van der Waals surface area contributed by atoms with Crippen molar-refractivity contribution in [2.24, 2.45) is 0 Å². The highest BCUT2D eigenvalue weighted by atomic mass is 32.2. The fourth-order valence-corrected chi connectivity index (χ4v) is 5.24. The quantitative estimate of drug-likeness (QED) is 0.391. The summed E-state index contributed by atoms with van der Waals surface area (Å²) in [5, 5.41) is 10.5. The fraction of sp³-hybridized carbons (Fsp3) is 0.0500. The molecule has 0 fully saturated rings. The van der Waals surface area contributed by atoms with E-state index < -0.39 is 0 Å². The summed E-state index contributed by atoms with van der Waals surface area (Å²) in [4.78, 5) is 18.0. The van der Waals surface area contributed by atoms with Crippen LogP contribution < -0.4 is 4.90 Å². The van der Waals surface area contributed by atoms with Crippen LogP contribution in [0.15, 0.2) is 85.5 Å². The number of hydrogen-bond donors (Lipinski definition) is 0. The first-order valence-corrected chi connectivity index (χ1v) is 11.2. The van der Waals surface area contributed by atoms with E-state index in [9.17, 15) is 4.79 Å². The number of nitrogens with zero attached hydrogens (tertiary/aromatic N) is 3. The van der Waals surface area contributed by atoms with E-state index in [4.69, 9.17) is 4.42 Å². The van der Waals surface area contributed by atoms with Gasteiger partial charge in [0.05, 0.1) is 22.0 Å². The van der Waals surface area contributed by atoms with Gasteiger partial charge in [0.1, 0.15) is 0 Å². The van der Waals surface area contributed by atoms with Gasteiger partial charge in [0.15, 0.2) is 0 Å². The van der Waals surface area contributed by atoms with Gasteiger partial charge in [0, 0.05) is 9.79 Å². The molecule has 1 aliphatic heterocycles. The lowest BCUT2D eigenvalue weighted by molar-refractivity contribution is -0.115. The first-order chi connectivity index (χ1) is 13.8. The maximum absolute atomic E-state index is 13.1. The van der Waals surface area contributed by atoms with Gasteiger partial charge in [0.2, 0.25) is 5.91 Å². The van der Waals surface area contributed by atoms with Gasteiger partial charge in [-0.1, -0.05) is 53.9 Å². The molecule has 0 saturated carbocycles. The molecule has 0 spiro atoms. The second-order valence-electron chi connectivity index (χ2n) is 5.91. The Morgan fingerprint density at radius 2 is 1.68 bits per heavy atom. The molecule has 0 N–H and O–H groups in total. The van der Waals surface area contributed by atoms with E-state index in [0.717, 1.165) is 26.0 Å². The molecule has 0 saturated heterocycles. The number of para-hydroxylation sites is 2. The summed E-state index contributed by atoms with van der Waals surface area (Å²) in [6, 6.07) is 19.8. The van der Waals surface area contributed by atoms with Gasteiger partial charge in [-0.2, -0.15) is 0 Å². The molecule has 3 heterocycles. The van der Waals surface area contributed by atoms with Crippen molar-refractivity contribution in [3.63, 3.8) is 0 Å². The summed E-state index contributed by atoms with van der Waals surface area (Å²) in [7, 11) is 0. The number of carbonyl (C=O) groups excluding carboxylic acids is 1. The molecule has 0 atom stereocenters. The minimum absolute atomic E-state index is 0.0268. The fourth-order valence-electron chi connectivity index (χ4n) is 2.93. The lowest BCUT2D eigenvalue weighted by atomic mass is 10.2. The van der Waals surface area contributed by atoms with Crippen LogP contribution in [0.5, 0.6) is 0 Å². The first-order valence-electron chi connectivity index (χ1n) is 8.48. The van der Waals surface area contributed by atoms with Gasteiger partial charge in [-0.15, -0.1) is 21.5 Å². The zero-order valence-electron chi connectivity index (χ0n) is 14.4. The molecule has 8 heteroatoms. The second-order valence-corrected chi connectivity index (χ2v) is 8.86. The number of anilines is 2. The first kappa shape index (κ1) is 17.5. The second kappa shape index (κ2) is 7.46. The van der Waals surface area contributed by atoms with Crippen LogP contribution in [0.2, 0.25) is 0 Å². The van der Waals surface area contributed by atoms with Gasteiger partial charge in [-0.25, -0.2) is 0 Å². The minimum atomic E-state index is -0.0268. The topological polar surface area (TPSA) is 59.2 Å². The smallest absolute Gasteiger partial charge is 0.277 e. The van der Waals surface area contributed by atoms with E-state index in [1.165, 1.54) is 23.1 Å². The number of thiophene rings is 1. The third-order valence-electron chi connectivity index (χ3n) is 4.14. The molecule has 1 amide bonds. The molecule has 0 aliphatic carbocycles. The lowest BCUT2D eigenvalue weighted by Crippen LogP contribution is -2.29. The highest BCUT2D eigenvalue weighted by molar-refractivity contribution is 8.00. The van der Waals surface area contributed by atoms with Crippen LogP contribution in [0, 0.1) is 0 Å². The summed E-state index contributed by atoms with van der Waals surface area (Å²) in [5.41, 5.74) is 1.81. The maximum atomic E-state index is 13.1. The van der Waals surface area contributed by atoms with Crippen molar-refractivity contribution in [2.75, 3.05) is 10.7 Å². The number of benzene rings is 2.